The van der Waals surface area contributed by atoms with E-state index in [9.17, 15) is 4.79 Å². The molecule has 0 amide bonds. The lowest BCUT2D eigenvalue weighted by molar-refractivity contribution is -0.425. The summed E-state index contributed by atoms with van der Waals surface area (Å²) in [6.45, 7) is 5.83. The average molecular weight is 423 g/mol. The van der Waals surface area contributed by atoms with Crippen molar-refractivity contribution in [3.8, 4) is 0 Å². The molecule has 0 aromatic carbocycles. The van der Waals surface area contributed by atoms with Gasteiger partial charge in [0.25, 0.3) is 0 Å². The fourth-order valence-electron chi connectivity index (χ4n) is 2.36. The van der Waals surface area contributed by atoms with E-state index in [1.807, 2.05) is 32.1 Å². The summed E-state index contributed by atoms with van der Waals surface area (Å²) in [5, 5.41) is 0. The minimum atomic E-state index is -0.757. The maximum atomic E-state index is 11.0. The van der Waals surface area contributed by atoms with E-state index in [1.54, 1.807) is 7.11 Å². The van der Waals surface area contributed by atoms with Crippen molar-refractivity contribution in [3.05, 3.63) is 48.6 Å². The molecular formula is C25H42O5. The molecule has 0 radical (unpaired) electrons. The quantitative estimate of drug-likeness (QED) is 0.0473. The number of rotatable bonds is 18. The Labute approximate surface area is 183 Å². The molecule has 0 aromatic rings. The standard InChI is InChI=1S/C25H42O5/c1-6-7-17-20-23(29-30-25(2,3)28-5)21-18-15-13-11-9-8-10-12-14-16-19-22-24(26)27-4/h8-9,12-15,18,21,23H,6-7,10-11,16-17,19-20,22H2,1-5H3/b9-8-,14-12-,15-13+,21-18+/t23-/m0/s1. The highest BCUT2D eigenvalue weighted by Gasteiger charge is 2.20. The third-order valence-corrected chi connectivity index (χ3v) is 4.39. The zero-order valence-corrected chi connectivity index (χ0v) is 19.6. The number of hydrogen-bond donors (Lipinski definition) is 0. The minimum Gasteiger partial charge on any atom is -0.469 e. The van der Waals surface area contributed by atoms with E-state index in [1.165, 1.54) is 20.0 Å². The third-order valence-electron chi connectivity index (χ3n) is 4.39. The smallest absolute Gasteiger partial charge is 0.305 e. The largest absolute Gasteiger partial charge is 0.469 e. The van der Waals surface area contributed by atoms with Crippen molar-refractivity contribution in [1.82, 2.24) is 0 Å². The van der Waals surface area contributed by atoms with Crippen LogP contribution < -0.4 is 0 Å². The van der Waals surface area contributed by atoms with E-state index in [0.717, 1.165) is 38.5 Å². The second-order valence-corrected chi connectivity index (χ2v) is 7.51. The van der Waals surface area contributed by atoms with Gasteiger partial charge < -0.3 is 9.47 Å². The van der Waals surface area contributed by atoms with Gasteiger partial charge in [-0.05, 0) is 46.0 Å². The summed E-state index contributed by atoms with van der Waals surface area (Å²) in [5.74, 6) is -0.901. The van der Waals surface area contributed by atoms with Crippen LogP contribution in [0.2, 0.25) is 0 Å². The number of carbonyl (C=O) groups excluding carboxylic acids is 1. The van der Waals surface area contributed by atoms with Crippen LogP contribution in [-0.4, -0.2) is 32.1 Å². The molecule has 0 aliphatic carbocycles. The molecule has 0 heterocycles. The van der Waals surface area contributed by atoms with Crippen molar-refractivity contribution in [2.24, 2.45) is 0 Å². The molecule has 0 rings (SSSR count). The van der Waals surface area contributed by atoms with Crippen molar-refractivity contribution in [1.29, 1.82) is 0 Å². The second-order valence-electron chi connectivity index (χ2n) is 7.51. The average Bonchev–Trinajstić information content (AvgIpc) is 2.74. The molecule has 0 aliphatic rings. The van der Waals surface area contributed by atoms with Gasteiger partial charge in [-0.15, -0.1) is 0 Å². The zero-order valence-electron chi connectivity index (χ0n) is 19.6. The summed E-state index contributed by atoms with van der Waals surface area (Å²) in [7, 11) is 3.02. The summed E-state index contributed by atoms with van der Waals surface area (Å²) >= 11 is 0. The fraction of sp³-hybridized carbons (Fsp3) is 0.640. The molecule has 0 aliphatic heterocycles. The number of ether oxygens (including phenoxy) is 2. The summed E-state index contributed by atoms with van der Waals surface area (Å²) in [4.78, 5) is 22.0. The second kappa shape index (κ2) is 19.3. The molecule has 0 N–H and O–H groups in total. The molecule has 5 nitrogen and oxygen atoms in total. The Kier molecular flexibility index (Phi) is 18.2. The molecule has 0 unspecified atom stereocenters. The molecule has 172 valence electrons. The molecule has 0 fully saturated rings. The maximum absolute atomic E-state index is 11.0. The molecule has 0 saturated carbocycles. The van der Waals surface area contributed by atoms with E-state index in [0.29, 0.717) is 6.42 Å². The normalized spacial score (nSPS) is 13.9. The van der Waals surface area contributed by atoms with Crippen molar-refractivity contribution < 1.29 is 24.0 Å². The molecule has 0 aromatic heterocycles. The summed E-state index contributed by atoms with van der Waals surface area (Å²) in [6, 6.07) is 0. The first kappa shape index (κ1) is 28.3. The molecule has 0 bridgehead atoms. The summed E-state index contributed by atoms with van der Waals surface area (Å²) in [6.07, 6.45) is 25.0. The number of allylic oxidation sites excluding steroid dienone is 7. The van der Waals surface area contributed by atoms with Crippen molar-refractivity contribution in [2.45, 2.75) is 90.4 Å². The highest BCUT2D eigenvalue weighted by Crippen LogP contribution is 2.15. The van der Waals surface area contributed by atoms with Gasteiger partial charge in [-0.2, -0.15) is 0 Å². The predicted octanol–water partition coefficient (Wildman–Crippen LogP) is 6.61. The monoisotopic (exact) mass is 422 g/mol. The number of esters is 1. The highest BCUT2D eigenvalue weighted by molar-refractivity contribution is 5.69. The van der Waals surface area contributed by atoms with E-state index < -0.39 is 5.79 Å². The van der Waals surface area contributed by atoms with E-state index in [-0.39, 0.29) is 12.1 Å². The molecule has 5 heteroatoms. The van der Waals surface area contributed by atoms with Gasteiger partial charge >= 0.3 is 5.97 Å². The van der Waals surface area contributed by atoms with Crippen molar-refractivity contribution in [3.63, 3.8) is 0 Å². The van der Waals surface area contributed by atoms with Crippen LogP contribution in [0.3, 0.4) is 0 Å². The lowest BCUT2D eigenvalue weighted by Crippen LogP contribution is -2.29. The molecule has 0 saturated heterocycles. The minimum absolute atomic E-state index is 0.0875. The van der Waals surface area contributed by atoms with Gasteiger partial charge in [0.15, 0.2) is 5.79 Å². The zero-order chi connectivity index (χ0) is 22.5. The van der Waals surface area contributed by atoms with Crippen LogP contribution in [-0.2, 0) is 24.0 Å². The number of carbonyl (C=O) groups is 1. The van der Waals surface area contributed by atoms with Gasteiger partial charge in [-0.3, -0.25) is 4.79 Å². The van der Waals surface area contributed by atoms with Gasteiger partial charge in [0.1, 0.15) is 6.10 Å². The van der Waals surface area contributed by atoms with Gasteiger partial charge in [-0.25, -0.2) is 9.78 Å². The van der Waals surface area contributed by atoms with Crippen LogP contribution in [0, 0.1) is 0 Å². The van der Waals surface area contributed by atoms with E-state index >= 15 is 0 Å². The Bertz CT molecular complexity index is 532. The first-order valence-electron chi connectivity index (χ1n) is 11.0. The number of hydrogen-bond acceptors (Lipinski definition) is 5. The number of unbranched alkanes of at least 4 members (excludes halogenated alkanes) is 3. The molecule has 30 heavy (non-hydrogen) atoms. The summed E-state index contributed by atoms with van der Waals surface area (Å²) < 4.78 is 9.84. The lowest BCUT2D eigenvalue weighted by Gasteiger charge is -2.24. The van der Waals surface area contributed by atoms with E-state index in [2.05, 4.69) is 42.0 Å². The highest BCUT2D eigenvalue weighted by atomic mass is 17.2. The Hall–Kier alpha value is -1.69. The van der Waals surface area contributed by atoms with Crippen LogP contribution in [0.25, 0.3) is 0 Å². The van der Waals surface area contributed by atoms with Crippen LogP contribution in [0.1, 0.15) is 78.6 Å². The maximum Gasteiger partial charge on any atom is 0.305 e. The van der Waals surface area contributed by atoms with Crippen LogP contribution in [0.4, 0.5) is 0 Å². The Morgan fingerprint density at radius 2 is 1.63 bits per heavy atom. The first-order chi connectivity index (χ1) is 14.4. The Balaban J connectivity index is 4.12. The van der Waals surface area contributed by atoms with Crippen LogP contribution >= 0.6 is 0 Å². The lowest BCUT2D eigenvalue weighted by atomic mass is 10.1. The molecule has 1 atom stereocenters. The molecule has 0 spiro atoms. The van der Waals surface area contributed by atoms with Crippen molar-refractivity contribution in [2.75, 3.05) is 14.2 Å². The summed E-state index contributed by atoms with van der Waals surface area (Å²) in [5.41, 5.74) is 0. The van der Waals surface area contributed by atoms with Gasteiger partial charge in [-0.1, -0.05) is 74.8 Å². The van der Waals surface area contributed by atoms with Gasteiger partial charge in [0.05, 0.1) is 7.11 Å². The van der Waals surface area contributed by atoms with Crippen LogP contribution in [0.15, 0.2) is 48.6 Å². The van der Waals surface area contributed by atoms with Gasteiger partial charge in [0, 0.05) is 13.5 Å². The molecular weight excluding hydrogens is 380 g/mol. The van der Waals surface area contributed by atoms with Gasteiger partial charge in [0.2, 0.25) is 0 Å². The Morgan fingerprint density at radius 1 is 0.933 bits per heavy atom. The van der Waals surface area contributed by atoms with E-state index in [4.69, 9.17) is 14.5 Å². The Morgan fingerprint density at radius 3 is 2.30 bits per heavy atom. The predicted molar refractivity (Wildman–Crippen MR) is 123 cm³/mol. The fourth-order valence-corrected chi connectivity index (χ4v) is 2.36. The SMILES string of the molecule is CCCCC[C@@H](/C=C/C=C/C/C=C\C/C=C\CCCC(=O)OC)OOC(C)(C)OC. The topological polar surface area (TPSA) is 54.0 Å². The van der Waals surface area contributed by atoms with Crippen molar-refractivity contribution >= 4 is 5.97 Å². The first-order valence-corrected chi connectivity index (χ1v) is 11.0. The number of methoxy groups -OCH3 is 2. The van der Waals surface area contributed by atoms with Crippen LogP contribution in [0.5, 0.6) is 0 Å². The third kappa shape index (κ3) is 18.3.